The van der Waals surface area contributed by atoms with Gasteiger partial charge in [-0.2, -0.15) is 4.31 Å². The van der Waals surface area contributed by atoms with Gasteiger partial charge in [0.25, 0.3) is 0 Å². The summed E-state index contributed by atoms with van der Waals surface area (Å²) < 4.78 is 28.2. The quantitative estimate of drug-likeness (QED) is 0.199. The summed E-state index contributed by atoms with van der Waals surface area (Å²) in [5.74, 6) is -0.781. The van der Waals surface area contributed by atoms with Crippen molar-refractivity contribution in [1.82, 2.24) is 14.5 Å². The summed E-state index contributed by atoms with van der Waals surface area (Å²) in [7, 11) is -2.61. The van der Waals surface area contributed by atoms with E-state index < -0.39 is 28.5 Å². The Labute approximate surface area is 253 Å². The van der Waals surface area contributed by atoms with E-state index in [-0.39, 0.29) is 23.8 Å². The van der Waals surface area contributed by atoms with Gasteiger partial charge >= 0.3 is 0 Å². The number of rotatable bonds is 13. The van der Waals surface area contributed by atoms with Crippen molar-refractivity contribution in [2.24, 2.45) is 0 Å². The second-order valence-electron chi connectivity index (χ2n) is 10.3. The monoisotopic (exact) mass is 605 g/mol. The van der Waals surface area contributed by atoms with E-state index in [0.29, 0.717) is 11.6 Å². The van der Waals surface area contributed by atoms with Gasteiger partial charge in [-0.3, -0.25) is 9.59 Å². The highest BCUT2D eigenvalue weighted by molar-refractivity contribution is 7.89. The van der Waals surface area contributed by atoms with Crippen molar-refractivity contribution in [2.45, 2.75) is 43.7 Å². The first-order valence-corrected chi connectivity index (χ1v) is 15.8. The maximum atomic E-state index is 14.0. The van der Waals surface area contributed by atoms with E-state index in [2.05, 4.69) is 5.32 Å². The molecule has 7 nitrogen and oxygen atoms in total. The third-order valence-electron chi connectivity index (χ3n) is 7.13. The molecule has 4 aromatic carbocycles. The number of nitrogens with zero attached hydrogens (tertiary/aromatic N) is 2. The Kier molecular flexibility index (Phi) is 10.7. The molecule has 220 valence electrons. The molecule has 0 saturated carbocycles. The molecule has 0 spiro atoms. The Morgan fingerprint density at radius 3 is 2.26 bits per heavy atom. The van der Waals surface area contributed by atoms with Gasteiger partial charge in [-0.25, -0.2) is 8.42 Å². The molecule has 1 N–H and O–H groups in total. The van der Waals surface area contributed by atoms with E-state index in [1.165, 1.54) is 11.9 Å². The van der Waals surface area contributed by atoms with Crippen LogP contribution < -0.4 is 5.32 Å². The second-order valence-corrected chi connectivity index (χ2v) is 12.8. The number of unbranched alkanes of at least 4 members (excludes halogenated alkanes) is 1. The summed E-state index contributed by atoms with van der Waals surface area (Å²) in [5.41, 5.74) is 1.62. The Bertz CT molecular complexity index is 1630. The molecule has 0 fully saturated rings. The summed E-state index contributed by atoms with van der Waals surface area (Å²) in [6.07, 6.45) is 1.98. The Morgan fingerprint density at radius 1 is 0.857 bits per heavy atom. The fourth-order valence-corrected chi connectivity index (χ4v) is 6.14. The molecule has 0 unspecified atom stereocenters. The molecule has 9 heteroatoms. The number of hydrogen-bond acceptors (Lipinski definition) is 4. The van der Waals surface area contributed by atoms with Crippen LogP contribution >= 0.6 is 11.6 Å². The van der Waals surface area contributed by atoms with Crippen LogP contribution in [0.5, 0.6) is 0 Å². The minimum Gasteiger partial charge on any atom is -0.354 e. The molecule has 42 heavy (non-hydrogen) atoms. The summed E-state index contributed by atoms with van der Waals surface area (Å²) in [5, 5.41) is 5.18. The van der Waals surface area contributed by atoms with Crippen LogP contribution in [-0.2, 0) is 32.6 Å². The molecule has 4 rings (SSSR count). The highest BCUT2D eigenvalue weighted by Gasteiger charge is 2.33. The summed E-state index contributed by atoms with van der Waals surface area (Å²) in [6.45, 7) is 2.16. The number of nitrogens with one attached hydrogen (secondary N) is 1. The van der Waals surface area contributed by atoms with E-state index in [1.807, 2.05) is 67.6 Å². The van der Waals surface area contributed by atoms with Gasteiger partial charge in [-0.1, -0.05) is 97.7 Å². The molecule has 0 aliphatic carbocycles. The zero-order valence-electron chi connectivity index (χ0n) is 23.9. The smallest absolute Gasteiger partial charge is 0.243 e. The molecule has 0 bridgehead atoms. The first-order valence-electron chi connectivity index (χ1n) is 14.0. The standard InChI is InChI=1S/C33H36ClN3O4S/c1-3-4-19-35-33(39)31(21-25-11-6-5-7-12-25)37(23-26-13-10-16-29(34)20-26)32(38)24-36(2)42(40,41)30-18-17-27-14-8-9-15-28(27)22-30/h5-18,20,22,31H,3-4,19,21,23-24H2,1-2H3,(H,35,39)/t31-/m1/s1. The van der Waals surface area contributed by atoms with E-state index in [1.54, 1.807) is 36.4 Å². The van der Waals surface area contributed by atoms with E-state index in [9.17, 15) is 18.0 Å². The van der Waals surface area contributed by atoms with Gasteiger partial charge < -0.3 is 10.2 Å². The van der Waals surface area contributed by atoms with Crippen molar-refractivity contribution >= 4 is 44.2 Å². The Morgan fingerprint density at radius 2 is 1.55 bits per heavy atom. The van der Waals surface area contributed by atoms with Crippen molar-refractivity contribution in [1.29, 1.82) is 0 Å². The lowest BCUT2D eigenvalue weighted by Gasteiger charge is -2.32. The summed E-state index contributed by atoms with van der Waals surface area (Å²) >= 11 is 6.25. The normalized spacial score (nSPS) is 12.3. The zero-order valence-corrected chi connectivity index (χ0v) is 25.4. The average Bonchev–Trinajstić information content (AvgIpc) is 2.99. The first-order chi connectivity index (χ1) is 20.2. The zero-order chi connectivity index (χ0) is 30.1. The van der Waals surface area contributed by atoms with E-state index >= 15 is 0 Å². The van der Waals surface area contributed by atoms with Gasteiger partial charge in [-0.15, -0.1) is 0 Å². The number of halogens is 1. The molecule has 0 heterocycles. The molecule has 2 amide bonds. The number of fused-ring (bicyclic) bond motifs is 1. The van der Waals surface area contributed by atoms with Gasteiger partial charge in [0.05, 0.1) is 11.4 Å². The predicted molar refractivity (Wildman–Crippen MR) is 168 cm³/mol. The maximum Gasteiger partial charge on any atom is 0.243 e. The van der Waals surface area contributed by atoms with Crippen LogP contribution in [0.3, 0.4) is 0 Å². The van der Waals surface area contributed by atoms with Crippen LogP contribution in [0.2, 0.25) is 5.02 Å². The molecule has 0 aromatic heterocycles. The van der Waals surface area contributed by atoms with Gasteiger partial charge in [-0.05, 0) is 52.6 Å². The number of carbonyl (C=O) groups is 2. The number of carbonyl (C=O) groups excluding carboxylic acids is 2. The molecule has 4 aromatic rings. The minimum atomic E-state index is -4.00. The summed E-state index contributed by atoms with van der Waals surface area (Å²) in [6, 6.07) is 28.1. The Balaban J connectivity index is 1.66. The highest BCUT2D eigenvalue weighted by Crippen LogP contribution is 2.23. The van der Waals surface area contributed by atoms with E-state index in [4.69, 9.17) is 11.6 Å². The average molecular weight is 606 g/mol. The van der Waals surface area contributed by atoms with Crippen LogP contribution in [-0.4, -0.2) is 55.6 Å². The fourth-order valence-electron chi connectivity index (χ4n) is 4.77. The SMILES string of the molecule is CCCCNC(=O)[C@@H](Cc1ccccc1)N(Cc1cccc(Cl)c1)C(=O)CN(C)S(=O)(=O)c1ccc2ccccc2c1. The largest absolute Gasteiger partial charge is 0.354 e. The van der Waals surface area contributed by atoms with Gasteiger partial charge in [0.1, 0.15) is 6.04 Å². The number of hydrogen-bond donors (Lipinski definition) is 1. The van der Waals surface area contributed by atoms with Crippen molar-refractivity contribution in [2.75, 3.05) is 20.1 Å². The number of benzene rings is 4. The van der Waals surface area contributed by atoms with Crippen molar-refractivity contribution in [3.8, 4) is 0 Å². The number of amides is 2. The van der Waals surface area contributed by atoms with Crippen molar-refractivity contribution in [3.05, 3.63) is 113 Å². The van der Waals surface area contributed by atoms with Crippen LogP contribution in [0.4, 0.5) is 0 Å². The molecule has 0 aliphatic heterocycles. The van der Waals surface area contributed by atoms with Crippen LogP contribution in [0.25, 0.3) is 10.8 Å². The molecule has 1 atom stereocenters. The number of likely N-dealkylation sites (N-methyl/N-ethyl adjacent to an activating group) is 1. The van der Waals surface area contributed by atoms with Gasteiger partial charge in [0.15, 0.2) is 0 Å². The second kappa shape index (κ2) is 14.4. The fraction of sp³-hybridized carbons (Fsp3) is 0.273. The van der Waals surface area contributed by atoms with Crippen LogP contribution in [0, 0.1) is 0 Å². The first kappa shape index (κ1) is 31.2. The lowest BCUT2D eigenvalue weighted by atomic mass is 10.0. The van der Waals surface area contributed by atoms with Gasteiger partial charge in [0.2, 0.25) is 21.8 Å². The highest BCUT2D eigenvalue weighted by atomic mass is 35.5. The minimum absolute atomic E-state index is 0.0853. The molecule has 0 saturated heterocycles. The van der Waals surface area contributed by atoms with Crippen molar-refractivity contribution in [3.63, 3.8) is 0 Å². The van der Waals surface area contributed by atoms with Crippen LogP contribution in [0.15, 0.2) is 102 Å². The maximum absolute atomic E-state index is 14.0. The molecule has 0 radical (unpaired) electrons. The molecule has 0 aliphatic rings. The van der Waals surface area contributed by atoms with E-state index in [0.717, 1.165) is 39.0 Å². The third-order valence-corrected chi connectivity index (χ3v) is 9.16. The van der Waals surface area contributed by atoms with Gasteiger partial charge in [0, 0.05) is 31.6 Å². The lowest BCUT2D eigenvalue weighted by molar-refractivity contribution is -0.141. The Hall–Kier alpha value is -3.72. The summed E-state index contributed by atoms with van der Waals surface area (Å²) in [4.78, 5) is 29.2. The third kappa shape index (κ3) is 7.97. The topological polar surface area (TPSA) is 86.8 Å². The van der Waals surface area contributed by atoms with Crippen LogP contribution in [0.1, 0.15) is 30.9 Å². The molecular formula is C33H36ClN3O4S. The van der Waals surface area contributed by atoms with Crippen molar-refractivity contribution < 1.29 is 18.0 Å². The lowest BCUT2D eigenvalue weighted by Crippen LogP contribution is -2.53. The molecular weight excluding hydrogens is 570 g/mol. The predicted octanol–water partition coefficient (Wildman–Crippen LogP) is 5.67. The number of sulfonamides is 1.